The number of rotatable bonds is 3. The molecular weight excluding hydrogens is 324 g/mol. The third-order valence-electron chi connectivity index (χ3n) is 3.97. The van der Waals surface area contributed by atoms with Crippen molar-refractivity contribution >= 4 is 34.4 Å². The summed E-state index contributed by atoms with van der Waals surface area (Å²) >= 11 is 0. The molecule has 4 rings (SSSR count). The van der Waals surface area contributed by atoms with Crippen molar-refractivity contribution in [3.05, 3.63) is 58.6 Å². The molecule has 3 N–H and O–H groups in total. The Hall–Kier alpha value is -3.55. The number of carbonyl (C=O) groups excluding carboxylic acids is 2. The maximum Gasteiger partial charge on any atom is 0.417 e. The van der Waals surface area contributed by atoms with Crippen LogP contribution in [-0.2, 0) is 0 Å². The highest BCUT2D eigenvalue weighted by Crippen LogP contribution is 2.19. The smallest absolute Gasteiger partial charge is 0.408 e. The molecule has 126 valence electrons. The molecule has 1 fully saturated rings. The van der Waals surface area contributed by atoms with Crippen LogP contribution in [-0.4, -0.2) is 30.0 Å². The lowest BCUT2D eigenvalue weighted by Crippen LogP contribution is -2.27. The van der Waals surface area contributed by atoms with Crippen molar-refractivity contribution in [2.24, 2.45) is 0 Å². The number of benzene rings is 2. The molecule has 2 aromatic carbocycles. The molecule has 8 heteroatoms. The number of hydrogen-bond acceptors (Lipinski definition) is 4. The second kappa shape index (κ2) is 5.82. The minimum absolute atomic E-state index is 0.139. The summed E-state index contributed by atoms with van der Waals surface area (Å²) < 4.78 is 4.92. The van der Waals surface area contributed by atoms with Crippen LogP contribution in [0, 0.1) is 0 Å². The number of hydrogen-bond donors (Lipinski definition) is 3. The van der Waals surface area contributed by atoms with Gasteiger partial charge in [-0.15, -0.1) is 0 Å². The Balaban J connectivity index is 1.51. The fourth-order valence-electron chi connectivity index (χ4n) is 2.74. The molecule has 3 amide bonds. The van der Waals surface area contributed by atoms with E-state index >= 15 is 0 Å². The van der Waals surface area contributed by atoms with E-state index in [-0.39, 0.29) is 11.9 Å². The largest absolute Gasteiger partial charge is 0.417 e. The van der Waals surface area contributed by atoms with E-state index in [4.69, 9.17) is 4.42 Å². The molecule has 0 radical (unpaired) electrons. The first-order chi connectivity index (χ1) is 12.1. The number of urea groups is 1. The lowest BCUT2D eigenvalue weighted by molar-refractivity contribution is 0.102. The van der Waals surface area contributed by atoms with Crippen LogP contribution in [0.25, 0.3) is 11.1 Å². The third kappa shape index (κ3) is 2.85. The van der Waals surface area contributed by atoms with Crippen LogP contribution in [0.5, 0.6) is 0 Å². The Labute approximate surface area is 141 Å². The first-order valence-corrected chi connectivity index (χ1v) is 7.70. The number of carbonyl (C=O) groups is 2. The number of anilines is 2. The van der Waals surface area contributed by atoms with Crippen LogP contribution >= 0.6 is 0 Å². The van der Waals surface area contributed by atoms with E-state index in [0.717, 1.165) is 5.69 Å². The van der Waals surface area contributed by atoms with Crippen LogP contribution in [0.15, 0.2) is 51.7 Å². The van der Waals surface area contributed by atoms with Gasteiger partial charge in [0, 0.05) is 30.0 Å². The summed E-state index contributed by atoms with van der Waals surface area (Å²) in [6, 6.07) is 11.5. The molecule has 0 bridgehead atoms. The zero-order valence-corrected chi connectivity index (χ0v) is 13.0. The van der Waals surface area contributed by atoms with Crippen molar-refractivity contribution < 1.29 is 14.0 Å². The van der Waals surface area contributed by atoms with Gasteiger partial charge in [-0.3, -0.25) is 14.7 Å². The van der Waals surface area contributed by atoms with Crippen LogP contribution in [0.4, 0.5) is 16.2 Å². The van der Waals surface area contributed by atoms with E-state index in [1.165, 1.54) is 0 Å². The Morgan fingerprint density at radius 1 is 1.12 bits per heavy atom. The quantitative estimate of drug-likeness (QED) is 0.678. The van der Waals surface area contributed by atoms with Crippen molar-refractivity contribution in [3.8, 4) is 0 Å². The molecule has 25 heavy (non-hydrogen) atoms. The maximum absolute atomic E-state index is 12.4. The summed E-state index contributed by atoms with van der Waals surface area (Å²) in [4.78, 5) is 39.3. The van der Waals surface area contributed by atoms with E-state index < -0.39 is 5.76 Å². The van der Waals surface area contributed by atoms with Gasteiger partial charge >= 0.3 is 11.8 Å². The minimum Gasteiger partial charge on any atom is -0.408 e. The van der Waals surface area contributed by atoms with Crippen molar-refractivity contribution in [1.82, 2.24) is 10.3 Å². The highest BCUT2D eigenvalue weighted by atomic mass is 16.4. The zero-order valence-electron chi connectivity index (χ0n) is 13.0. The Morgan fingerprint density at radius 3 is 2.64 bits per heavy atom. The first-order valence-electron chi connectivity index (χ1n) is 7.70. The molecule has 0 unspecified atom stereocenters. The van der Waals surface area contributed by atoms with Gasteiger partial charge in [-0.1, -0.05) is 0 Å². The van der Waals surface area contributed by atoms with Gasteiger partial charge < -0.3 is 15.1 Å². The molecule has 1 aliphatic heterocycles. The van der Waals surface area contributed by atoms with E-state index in [1.807, 2.05) is 0 Å². The first kappa shape index (κ1) is 15.0. The van der Waals surface area contributed by atoms with Crippen molar-refractivity contribution in [1.29, 1.82) is 0 Å². The number of H-pyrrole nitrogens is 1. The van der Waals surface area contributed by atoms with Gasteiger partial charge in [0.05, 0.1) is 5.52 Å². The molecule has 0 spiro atoms. The van der Waals surface area contributed by atoms with E-state index in [1.54, 1.807) is 47.4 Å². The van der Waals surface area contributed by atoms with Gasteiger partial charge in [0.2, 0.25) is 0 Å². The standard InChI is InChI=1S/C17H14N4O4/c22-15(19-11-3-6-14-13(9-11)20-17(24)25-14)10-1-4-12(5-2-10)21-8-7-18-16(21)23/h1-6,9H,7-8H2,(H,18,23)(H,19,22)(H,20,24). The van der Waals surface area contributed by atoms with Gasteiger partial charge in [-0.05, 0) is 42.5 Å². The van der Waals surface area contributed by atoms with Gasteiger partial charge in [0.25, 0.3) is 5.91 Å². The number of oxazole rings is 1. The van der Waals surface area contributed by atoms with Crippen LogP contribution in [0.3, 0.4) is 0 Å². The molecule has 1 aliphatic rings. The Morgan fingerprint density at radius 2 is 1.92 bits per heavy atom. The van der Waals surface area contributed by atoms with Gasteiger partial charge in [-0.25, -0.2) is 9.59 Å². The summed E-state index contributed by atoms with van der Waals surface area (Å²) in [6.07, 6.45) is 0. The topological polar surface area (TPSA) is 107 Å². The van der Waals surface area contributed by atoms with E-state index in [9.17, 15) is 14.4 Å². The normalized spacial score (nSPS) is 13.9. The summed E-state index contributed by atoms with van der Waals surface area (Å²) in [5, 5.41) is 5.49. The molecule has 0 atom stereocenters. The van der Waals surface area contributed by atoms with Crippen molar-refractivity contribution in [2.45, 2.75) is 0 Å². The van der Waals surface area contributed by atoms with Gasteiger partial charge in [0.1, 0.15) is 0 Å². The maximum atomic E-state index is 12.4. The molecule has 2 heterocycles. The molecule has 8 nitrogen and oxygen atoms in total. The monoisotopic (exact) mass is 338 g/mol. The summed E-state index contributed by atoms with van der Waals surface area (Å²) in [5.74, 6) is -0.831. The molecule has 0 saturated carbocycles. The number of aromatic nitrogens is 1. The zero-order chi connectivity index (χ0) is 17.4. The lowest BCUT2D eigenvalue weighted by atomic mass is 10.1. The fourth-order valence-corrected chi connectivity index (χ4v) is 2.74. The van der Waals surface area contributed by atoms with Crippen molar-refractivity contribution in [2.75, 3.05) is 23.3 Å². The van der Waals surface area contributed by atoms with Crippen LogP contribution < -0.4 is 21.3 Å². The second-order valence-corrected chi connectivity index (χ2v) is 5.61. The van der Waals surface area contributed by atoms with E-state index in [0.29, 0.717) is 35.4 Å². The SMILES string of the molecule is O=C(Nc1ccc2oc(=O)[nH]c2c1)c1ccc(N2CCNC2=O)cc1. The van der Waals surface area contributed by atoms with Crippen LogP contribution in [0.1, 0.15) is 10.4 Å². The number of aromatic amines is 1. The Bertz CT molecular complexity index is 1020. The summed E-state index contributed by atoms with van der Waals surface area (Å²) in [7, 11) is 0. The highest BCUT2D eigenvalue weighted by molar-refractivity contribution is 6.05. The van der Waals surface area contributed by atoms with Gasteiger partial charge in [0.15, 0.2) is 5.58 Å². The molecule has 0 aliphatic carbocycles. The van der Waals surface area contributed by atoms with Crippen molar-refractivity contribution in [3.63, 3.8) is 0 Å². The fraction of sp³-hybridized carbons (Fsp3) is 0.118. The minimum atomic E-state index is -0.542. The molecule has 1 saturated heterocycles. The number of fused-ring (bicyclic) bond motifs is 1. The number of nitrogens with zero attached hydrogens (tertiary/aromatic N) is 1. The number of nitrogens with one attached hydrogen (secondary N) is 3. The van der Waals surface area contributed by atoms with Crippen LogP contribution in [0.2, 0.25) is 0 Å². The highest BCUT2D eigenvalue weighted by Gasteiger charge is 2.21. The molecular formula is C17H14N4O4. The number of amides is 3. The average Bonchev–Trinajstić information content (AvgIpc) is 3.19. The Kier molecular flexibility index (Phi) is 3.50. The third-order valence-corrected chi connectivity index (χ3v) is 3.97. The van der Waals surface area contributed by atoms with Gasteiger partial charge in [-0.2, -0.15) is 0 Å². The lowest BCUT2D eigenvalue weighted by Gasteiger charge is -2.14. The predicted molar refractivity (Wildman–Crippen MR) is 92.0 cm³/mol. The predicted octanol–water partition coefficient (Wildman–Crippen LogP) is 1.90. The van der Waals surface area contributed by atoms with E-state index in [2.05, 4.69) is 15.6 Å². The summed E-state index contributed by atoms with van der Waals surface area (Å²) in [6.45, 7) is 1.22. The molecule has 1 aromatic heterocycles. The summed E-state index contributed by atoms with van der Waals surface area (Å²) in [5.41, 5.74) is 2.68. The average molecular weight is 338 g/mol. The second-order valence-electron chi connectivity index (χ2n) is 5.61. The molecule has 3 aromatic rings.